The van der Waals surface area contributed by atoms with Gasteiger partial charge < -0.3 is 14.6 Å². The molecule has 0 radical (unpaired) electrons. The molecule has 0 aliphatic carbocycles. The molecule has 0 heterocycles. The van der Waals surface area contributed by atoms with Crippen molar-refractivity contribution >= 4 is 11.8 Å². The van der Waals surface area contributed by atoms with Crippen LogP contribution in [-0.4, -0.2) is 30.6 Å². The van der Waals surface area contributed by atoms with Gasteiger partial charge in [0.15, 0.2) is 11.5 Å². The summed E-state index contributed by atoms with van der Waals surface area (Å²) >= 11 is 0. The Bertz CT molecular complexity index is 459. The van der Waals surface area contributed by atoms with Gasteiger partial charge in [0.25, 0.3) is 0 Å². The van der Waals surface area contributed by atoms with Crippen LogP contribution in [0.2, 0.25) is 0 Å². The van der Waals surface area contributed by atoms with E-state index in [4.69, 9.17) is 9.84 Å². The maximum Gasteiger partial charge on any atom is 0.387 e. The Morgan fingerprint density at radius 3 is 2.50 bits per heavy atom. The molecule has 18 heavy (non-hydrogen) atoms. The first-order valence-electron chi connectivity index (χ1n) is 4.82. The standard InChI is InChI=1S/C11H10F2O5/c1-17-8-3-2-6(4-7(14)10(15)16)5-9(8)18-11(12)13/h2-3,5,11H,4H2,1H3,(H,15,16). The highest BCUT2D eigenvalue weighted by Crippen LogP contribution is 2.29. The zero-order chi connectivity index (χ0) is 13.7. The minimum atomic E-state index is -3.04. The number of hydrogen-bond donors (Lipinski definition) is 1. The summed E-state index contributed by atoms with van der Waals surface area (Å²) in [6.07, 6.45) is -0.404. The number of rotatable bonds is 6. The van der Waals surface area contributed by atoms with Crippen molar-refractivity contribution in [1.82, 2.24) is 0 Å². The summed E-state index contributed by atoms with van der Waals surface area (Å²) in [6, 6.07) is 3.87. The molecule has 1 rings (SSSR count). The van der Waals surface area contributed by atoms with E-state index in [0.29, 0.717) is 0 Å². The molecule has 1 aromatic rings. The second-order valence-electron chi connectivity index (χ2n) is 3.27. The van der Waals surface area contributed by atoms with E-state index in [0.717, 1.165) is 6.07 Å². The summed E-state index contributed by atoms with van der Waals surface area (Å²) in [5.41, 5.74) is 0.249. The molecule has 0 atom stereocenters. The van der Waals surface area contributed by atoms with Crippen molar-refractivity contribution in [2.45, 2.75) is 13.0 Å². The lowest BCUT2D eigenvalue weighted by molar-refractivity contribution is -0.148. The smallest absolute Gasteiger partial charge is 0.387 e. The molecule has 0 spiro atoms. The molecule has 1 aromatic carbocycles. The average Bonchev–Trinajstić information content (AvgIpc) is 2.28. The number of halogens is 2. The number of aliphatic carboxylic acids is 1. The van der Waals surface area contributed by atoms with Gasteiger partial charge >= 0.3 is 12.6 Å². The van der Waals surface area contributed by atoms with Crippen LogP contribution in [0.4, 0.5) is 8.78 Å². The van der Waals surface area contributed by atoms with Crippen LogP contribution < -0.4 is 9.47 Å². The van der Waals surface area contributed by atoms with Crippen molar-refractivity contribution in [3.63, 3.8) is 0 Å². The van der Waals surface area contributed by atoms with E-state index in [9.17, 15) is 18.4 Å². The van der Waals surface area contributed by atoms with Crippen molar-refractivity contribution in [2.75, 3.05) is 7.11 Å². The van der Waals surface area contributed by atoms with Gasteiger partial charge in [-0.05, 0) is 17.7 Å². The van der Waals surface area contributed by atoms with Gasteiger partial charge in [0.1, 0.15) is 0 Å². The Morgan fingerprint density at radius 2 is 2.00 bits per heavy atom. The Hall–Kier alpha value is -2.18. The lowest BCUT2D eigenvalue weighted by Gasteiger charge is -2.10. The number of Topliss-reactive ketones (excluding diaryl/α,β-unsaturated/α-hetero) is 1. The first-order chi connectivity index (χ1) is 8.43. The fourth-order valence-corrected chi connectivity index (χ4v) is 1.28. The first-order valence-corrected chi connectivity index (χ1v) is 4.82. The van der Waals surface area contributed by atoms with Gasteiger partial charge in [-0.3, -0.25) is 4.79 Å². The summed E-state index contributed by atoms with van der Waals surface area (Å²) in [5, 5.41) is 8.43. The van der Waals surface area contributed by atoms with E-state index in [1.807, 2.05) is 0 Å². The van der Waals surface area contributed by atoms with Crippen molar-refractivity contribution in [3.05, 3.63) is 23.8 Å². The van der Waals surface area contributed by atoms with Crippen molar-refractivity contribution in [2.24, 2.45) is 0 Å². The number of ether oxygens (including phenoxy) is 2. The molecule has 0 saturated heterocycles. The molecule has 0 aliphatic heterocycles. The number of carbonyl (C=O) groups is 2. The lowest BCUT2D eigenvalue weighted by atomic mass is 10.1. The van der Waals surface area contributed by atoms with Gasteiger partial charge in [-0.25, -0.2) is 4.79 Å². The third-order valence-corrected chi connectivity index (χ3v) is 2.05. The predicted molar refractivity (Wildman–Crippen MR) is 56.0 cm³/mol. The largest absolute Gasteiger partial charge is 0.493 e. The van der Waals surface area contributed by atoms with Gasteiger partial charge in [0.2, 0.25) is 5.78 Å². The summed E-state index contributed by atoms with van der Waals surface area (Å²) < 4.78 is 33.2. The highest BCUT2D eigenvalue weighted by molar-refractivity contribution is 6.33. The molecule has 0 unspecified atom stereocenters. The second-order valence-corrected chi connectivity index (χ2v) is 3.27. The lowest BCUT2D eigenvalue weighted by Crippen LogP contribution is -2.15. The van der Waals surface area contributed by atoms with Gasteiger partial charge in [0, 0.05) is 6.42 Å². The topological polar surface area (TPSA) is 72.8 Å². The van der Waals surface area contributed by atoms with E-state index < -0.39 is 24.8 Å². The number of ketones is 1. The normalized spacial score (nSPS) is 10.2. The van der Waals surface area contributed by atoms with Crippen LogP contribution in [0.3, 0.4) is 0 Å². The van der Waals surface area contributed by atoms with Crippen LogP contribution in [0.25, 0.3) is 0 Å². The highest BCUT2D eigenvalue weighted by atomic mass is 19.3. The Kier molecular flexibility index (Phi) is 4.59. The molecule has 5 nitrogen and oxygen atoms in total. The number of carboxylic acids is 1. The van der Waals surface area contributed by atoms with Crippen molar-refractivity contribution in [1.29, 1.82) is 0 Å². The Balaban J connectivity index is 2.95. The zero-order valence-electron chi connectivity index (χ0n) is 9.35. The van der Waals surface area contributed by atoms with Gasteiger partial charge in [-0.15, -0.1) is 0 Å². The molecular formula is C11H10F2O5. The number of carboxylic acid groups (broad SMARTS) is 1. The minimum absolute atomic E-state index is 0.0711. The number of hydrogen-bond acceptors (Lipinski definition) is 4. The number of benzene rings is 1. The monoisotopic (exact) mass is 260 g/mol. The van der Waals surface area contributed by atoms with Crippen LogP contribution in [-0.2, 0) is 16.0 Å². The summed E-state index contributed by atoms with van der Waals surface area (Å²) in [6.45, 7) is -3.04. The predicted octanol–water partition coefficient (Wildman–Crippen LogP) is 1.49. The van der Waals surface area contributed by atoms with E-state index in [-0.39, 0.29) is 17.1 Å². The fourth-order valence-electron chi connectivity index (χ4n) is 1.28. The molecule has 0 bridgehead atoms. The molecule has 0 aromatic heterocycles. The number of carbonyl (C=O) groups excluding carboxylic acids is 1. The maximum atomic E-state index is 12.1. The fraction of sp³-hybridized carbons (Fsp3) is 0.273. The van der Waals surface area contributed by atoms with E-state index in [1.54, 1.807) is 0 Å². The first kappa shape index (κ1) is 13.9. The molecule has 98 valence electrons. The van der Waals surface area contributed by atoms with Gasteiger partial charge in [0.05, 0.1) is 7.11 Å². The van der Waals surface area contributed by atoms with E-state index in [2.05, 4.69) is 4.74 Å². The Morgan fingerprint density at radius 1 is 1.33 bits per heavy atom. The summed E-state index contributed by atoms with van der Waals surface area (Å²) in [7, 11) is 1.27. The molecule has 7 heteroatoms. The molecule has 1 N–H and O–H groups in total. The van der Waals surface area contributed by atoms with E-state index >= 15 is 0 Å². The molecule has 0 aliphatic rings. The van der Waals surface area contributed by atoms with Crippen molar-refractivity contribution < 1.29 is 33.0 Å². The van der Waals surface area contributed by atoms with Crippen LogP contribution in [0.5, 0.6) is 11.5 Å². The third-order valence-electron chi connectivity index (χ3n) is 2.05. The van der Waals surface area contributed by atoms with Crippen LogP contribution in [0, 0.1) is 0 Å². The number of methoxy groups -OCH3 is 1. The van der Waals surface area contributed by atoms with Crippen LogP contribution >= 0.6 is 0 Å². The van der Waals surface area contributed by atoms with Crippen LogP contribution in [0.1, 0.15) is 5.56 Å². The highest BCUT2D eigenvalue weighted by Gasteiger charge is 2.15. The third kappa shape index (κ3) is 3.69. The quantitative estimate of drug-likeness (QED) is 0.784. The maximum absolute atomic E-state index is 12.1. The van der Waals surface area contributed by atoms with Crippen molar-refractivity contribution in [3.8, 4) is 11.5 Å². The number of alkyl halides is 2. The summed E-state index contributed by atoms with van der Waals surface area (Å²) in [5.74, 6) is -2.80. The average molecular weight is 260 g/mol. The molecule has 0 fully saturated rings. The molecule has 0 amide bonds. The van der Waals surface area contributed by atoms with Crippen LogP contribution in [0.15, 0.2) is 18.2 Å². The summed E-state index contributed by atoms with van der Waals surface area (Å²) in [4.78, 5) is 21.3. The zero-order valence-corrected chi connectivity index (χ0v) is 9.35. The van der Waals surface area contributed by atoms with E-state index in [1.165, 1.54) is 19.2 Å². The molecular weight excluding hydrogens is 250 g/mol. The molecule has 0 saturated carbocycles. The SMILES string of the molecule is COc1ccc(CC(=O)C(=O)O)cc1OC(F)F. The Labute approximate surface area is 101 Å². The van der Waals surface area contributed by atoms with Gasteiger partial charge in [-0.2, -0.15) is 8.78 Å². The second kappa shape index (κ2) is 5.95. The minimum Gasteiger partial charge on any atom is -0.493 e. The van der Waals surface area contributed by atoms with Gasteiger partial charge in [-0.1, -0.05) is 6.07 Å².